The van der Waals surface area contributed by atoms with E-state index in [-0.39, 0.29) is 23.8 Å². The molecular weight excluding hydrogens is 232 g/mol. The van der Waals surface area contributed by atoms with Crippen molar-refractivity contribution >= 4 is 5.91 Å². The maximum absolute atomic E-state index is 11.8. The number of nitrogens with one attached hydrogen (secondary N) is 1. The first kappa shape index (κ1) is 13.1. The van der Waals surface area contributed by atoms with E-state index < -0.39 is 0 Å². The van der Waals surface area contributed by atoms with E-state index in [9.17, 15) is 9.90 Å². The number of carbonyl (C=O) groups excluding carboxylic acids is 1. The van der Waals surface area contributed by atoms with Crippen molar-refractivity contribution in [2.75, 3.05) is 6.54 Å². The molecule has 0 radical (unpaired) electrons. The van der Waals surface area contributed by atoms with E-state index in [1.165, 1.54) is 0 Å². The van der Waals surface area contributed by atoms with Gasteiger partial charge in [0, 0.05) is 24.4 Å². The van der Waals surface area contributed by atoms with Crippen LogP contribution >= 0.6 is 0 Å². The van der Waals surface area contributed by atoms with Crippen LogP contribution in [0, 0.1) is 5.92 Å². The molecule has 1 aromatic heterocycles. The van der Waals surface area contributed by atoms with Crippen molar-refractivity contribution in [3.63, 3.8) is 0 Å². The minimum absolute atomic E-state index is 0.172. The Morgan fingerprint density at radius 3 is 2.94 bits per heavy atom. The minimum Gasteiger partial charge on any atom is -0.393 e. The summed E-state index contributed by atoms with van der Waals surface area (Å²) in [5, 5.41) is 16.2. The van der Waals surface area contributed by atoms with E-state index in [1.807, 2.05) is 13.8 Å². The zero-order valence-corrected chi connectivity index (χ0v) is 10.8. The summed E-state index contributed by atoms with van der Waals surface area (Å²) < 4.78 is 5.08. The predicted octanol–water partition coefficient (Wildman–Crippen LogP) is 1.69. The van der Waals surface area contributed by atoms with Crippen molar-refractivity contribution in [1.29, 1.82) is 0 Å². The number of aliphatic hydroxyl groups is 1. The van der Waals surface area contributed by atoms with Crippen molar-refractivity contribution in [1.82, 2.24) is 10.5 Å². The van der Waals surface area contributed by atoms with E-state index in [0.717, 1.165) is 19.3 Å². The van der Waals surface area contributed by atoms with Crippen LogP contribution in [-0.2, 0) is 0 Å². The van der Waals surface area contributed by atoms with Crippen LogP contribution in [0.1, 0.15) is 55.3 Å². The maximum Gasteiger partial charge on any atom is 0.273 e. The molecule has 0 bridgehead atoms. The largest absolute Gasteiger partial charge is 0.393 e. The van der Waals surface area contributed by atoms with Crippen LogP contribution in [0.25, 0.3) is 0 Å². The van der Waals surface area contributed by atoms with Gasteiger partial charge in [-0.15, -0.1) is 0 Å². The molecule has 0 aromatic carbocycles. The molecular formula is C13H20N2O3. The lowest BCUT2D eigenvalue weighted by Gasteiger charge is -2.14. The van der Waals surface area contributed by atoms with Gasteiger partial charge >= 0.3 is 0 Å². The summed E-state index contributed by atoms with van der Waals surface area (Å²) in [6, 6.07) is 1.67. The van der Waals surface area contributed by atoms with Gasteiger partial charge in [0.05, 0.1) is 6.10 Å². The third-order valence-electron chi connectivity index (χ3n) is 3.47. The molecule has 1 saturated carbocycles. The first-order valence-electron chi connectivity index (χ1n) is 6.50. The van der Waals surface area contributed by atoms with Crippen LogP contribution in [0.15, 0.2) is 10.6 Å². The topological polar surface area (TPSA) is 75.4 Å². The average Bonchev–Trinajstić information content (AvgIpc) is 2.94. The van der Waals surface area contributed by atoms with Gasteiger partial charge in [0.25, 0.3) is 5.91 Å². The first-order chi connectivity index (χ1) is 8.58. The van der Waals surface area contributed by atoms with Gasteiger partial charge in [-0.05, 0) is 12.8 Å². The Hall–Kier alpha value is -1.36. The van der Waals surface area contributed by atoms with Gasteiger partial charge < -0.3 is 14.9 Å². The second-order valence-electron chi connectivity index (χ2n) is 5.24. The average molecular weight is 252 g/mol. The molecule has 5 nitrogen and oxygen atoms in total. The Bertz CT molecular complexity index is 414. The SMILES string of the molecule is CC(C)c1cc(C(=O)NCC2CCCC2O)no1. The lowest BCUT2D eigenvalue weighted by atomic mass is 10.1. The molecule has 2 atom stereocenters. The van der Waals surface area contributed by atoms with Crippen molar-refractivity contribution in [3.05, 3.63) is 17.5 Å². The van der Waals surface area contributed by atoms with Crippen molar-refractivity contribution in [2.45, 2.75) is 45.1 Å². The molecule has 2 unspecified atom stereocenters. The lowest BCUT2D eigenvalue weighted by Crippen LogP contribution is -2.32. The first-order valence-corrected chi connectivity index (χ1v) is 6.50. The van der Waals surface area contributed by atoms with Crippen LogP contribution in [0.2, 0.25) is 0 Å². The Morgan fingerprint density at radius 2 is 2.39 bits per heavy atom. The van der Waals surface area contributed by atoms with E-state index in [2.05, 4.69) is 10.5 Å². The van der Waals surface area contributed by atoms with Gasteiger partial charge in [-0.3, -0.25) is 4.79 Å². The Labute approximate surface area is 107 Å². The van der Waals surface area contributed by atoms with Crippen LogP contribution in [0.3, 0.4) is 0 Å². The number of carbonyl (C=O) groups is 1. The summed E-state index contributed by atoms with van der Waals surface area (Å²) in [4.78, 5) is 11.8. The quantitative estimate of drug-likeness (QED) is 0.855. The second kappa shape index (κ2) is 5.52. The maximum atomic E-state index is 11.8. The standard InChI is InChI=1S/C13H20N2O3/c1-8(2)12-6-10(15-18-12)13(17)14-7-9-4-3-5-11(9)16/h6,8-9,11,16H,3-5,7H2,1-2H3,(H,14,17). The fourth-order valence-electron chi connectivity index (χ4n) is 2.24. The van der Waals surface area contributed by atoms with Gasteiger partial charge in [-0.2, -0.15) is 0 Å². The molecule has 5 heteroatoms. The number of hydrogen-bond acceptors (Lipinski definition) is 4. The third kappa shape index (κ3) is 2.90. The molecule has 0 aliphatic heterocycles. The van der Waals surface area contributed by atoms with Crippen LogP contribution in [0.4, 0.5) is 0 Å². The highest BCUT2D eigenvalue weighted by atomic mass is 16.5. The number of aliphatic hydroxyl groups excluding tert-OH is 1. The molecule has 0 spiro atoms. The zero-order valence-electron chi connectivity index (χ0n) is 10.8. The van der Waals surface area contributed by atoms with Crippen molar-refractivity contribution in [3.8, 4) is 0 Å². The van der Waals surface area contributed by atoms with Gasteiger partial charge in [-0.25, -0.2) is 0 Å². The molecule has 1 aliphatic rings. The van der Waals surface area contributed by atoms with Gasteiger partial charge in [0.1, 0.15) is 5.76 Å². The highest BCUT2D eigenvalue weighted by Gasteiger charge is 2.26. The van der Waals surface area contributed by atoms with Crippen LogP contribution in [-0.4, -0.2) is 28.8 Å². The molecule has 0 saturated heterocycles. The Kier molecular flexibility index (Phi) is 4.01. The molecule has 1 amide bonds. The fraction of sp³-hybridized carbons (Fsp3) is 0.692. The monoisotopic (exact) mass is 252 g/mol. The predicted molar refractivity (Wildman–Crippen MR) is 66.3 cm³/mol. The van der Waals surface area contributed by atoms with Crippen LogP contribution < -0.4 is 5.32 Å². The summed E-state index contributed by atoms with van der Waals surface area (Å²) >= 11 is 0. The zero-order chi connectivity index (χ0) is 13.1. The van der Waals surface area contributed by atoms with Crippen molar-refractivity contribution < 1.29 is 14.4 Å². The molecule has 100 valence electrons. The second-order valence-corrected chi connectivity index (χ2v) is 5.24. The molecule has 1 aliphatic carbocycles. The highest BCUT2D eigenvalue weighted by Crippen LogP contribution is 2.24. The number of rotatable bonds is 4. The summed E-state index contributed by atoms with van der Waals surface area (Å²) in [5.74, 6) is 0.868. The summed E-state index contributed by atoms with van der Waals surface area (Å²) in [6.07, 6.45) is 2.55. The minimum atomic E-state index is -0.283. The molecule has 18 heavy (non-hydrogen) atoms. The summed E-state index contributed by atoms with van der Waals surface area (Å²) in [6.45, 7) is 4.47. The lowest BCUT2D eigenvalue weighted by molar-refractivity contribution is 0.0908. The van der Waals surface area contributed by atoms with E-state index in [0.29, 0.717) is 18.0 Å². The number of amides is 1. The number of nitrogens with zero attached hydrogens (tertiary/aromatic N) is 1. The van der Waals surface area contributed by atoms with Gasteiger partial charge in [0.15, 0.2) is 5.69 Å². The fourth-order valence-corrected chi connectivity index (χ4v) is 2.24. The van der Waals surface area contributed by atoms with E-state index in [1.54, 1.807) is 6.07 Å². The van der Waals surface area contributed by atoms with Crippen molar-refractivity contribution in [2.24, 2.45) is 5.92 Å². The van der Waals surface area contributed by atoms with E-state index >= 15 is 0 Å². The molecule has 1 heterocycles. The molecule has 2 rings (SSSR count). The molecule has 1 fully saturated rings. The third-order valence-corrected chi connectivity index (χ3v) is 3.47. The number of hydrogen-bond donors (Lipinski definition) is 2. The normalized spacial score (nSPS) is 23.6. The Balaban J connectivity index is 1.87. The smallest absolute Gasteiger partial charge is 0.273 e. The summed E-state index contributed by atoms with van der Waals surface area (Å²) in [5.41, 5.74) is 0.311. The van der Waals surface area contributed by atoms with Gasteiger partial charge in [0.2, 0.25) is 0 Å². The molecule has 2 N–H and O–H groups in total. The van der Waals surface area contributed by atoms with E-state index in [4.69, 9.17) is 4.52 Å². The van der Waals surface area contributed by atoms with Crippen LogP contribution in [0.5, 0.6) is 0 Å². The van der Waals surface area contributed by atoms with Gasteiger partial charge in [-0.1, -0.05) is 25.4 Å². The Morgan fingerprint density at radius 1 is 1.61 bits per heavy atom. The summed E-state index contributed by atoms with van der Waals surface area (Å²) in [7, 11) is 0. The number of aromatic nitrogens is 1. The highest BCUT2D eigenvalue weighted by molar-refractivity contribution is 5.92. The molecule has 1 aromatic rings.